The molecule has 3 rings (SSSR count). The van der Waals surface area contributed by atoms with Crippen LogP contribution >= 0.6 is 0 Å². The van der Waals surface area contributed by atoms with Gasteiger partial charge in [-0.05, 0) is 19.4 Å². The predicted molar refractivity (Wildman–Crippen MR) is 73.9 cm³/mol. The molecule has 1 aliphatic rings. The Labute approximate surface area is 116 Å². The molecule has 7 heteroatoms. The molecule has 3 heterocycles. The molecule has 0 unspecified atom stereocenters. The smallest absolute Gasteiger partial charge is 0.254 e. The van der Waals surface area contributed by atoms with Crippen molar-refractivity contribution in [2.45, 2.75) is 13.3 Å². The number of carbonyl (C=O) groups excluding carboxylic acids is 1. The Morgan fingerprint density at radius 3 is 3.05 bits per heavy atom. The van der Waals surface area contributed by atoms with Crippen molar-refractivity contribution in [3.63, 3.8) is 0 Å². The lowest BCUT2D eigenvalue weighted by molar-refractivity contribution is 0.100. The van der Waals surface area contributed by atoms with Crippen molar-refractivity contribution in [1.82, 2.24) is 14.6 Å². The first-order chi connectivity index (χ1) is 9.66. The number of nitrogens with zero attached hydrogens (tertiary/aromatic N) is 4. The number of aromatic nitrogens is 3. The summed E-state index contributed by atoms with van der Waals surface area (Å²) in [4.78, 5) is 18.2. The summed E-state index contributed by atoms with van der Waals surface area (Å²) in [6.45, 7) is 4.91. The molecule has 1 amide bonds. The molecule has 106 valence electrons. The van der Waals surface area contributed by atoms with E-state index in [-0.39, 0.29) is 0 Å². The zero-order chi connectivity index (χ0) is 14.1. The Morgan fingerprint density at radius 1 is 1.40 bits per heavy atom. The third kappa shape index (κ3) is 2.20. The van der Waals surface area contributed by atoms with Crippen LogP contribution < -0.4 is 10.6 Å². The molecule has 0 atom stereocenters. The Hall–Kier alpha value is -2.15. The van der Waals surface area contributed by atoms with E-state index in [1.54, 1.807) is 11.4 Å². The summed E-state index contributed by atoms with van der Waals surface area (Å²) in [6, 6.07) is 1.90. The Morgan fingerprint density at radius 2 is 2.25 bits per heavy atom. The van der Waals surface area contributed by atoms with E-state index in [1.807, 2.05) is 12.3 Å². The summed E-state index contributed by atoms with van der Waals surface area (Å²) in [5, 5.41) is 4.25. The van der Waals surface area contributed by atoms with Gasteiger partial charge in [0.2, 0.25) is 0 Å². The summed E-state index contributed by atoms with van der Waals surface area (Å²) in [6.07, 6.45) is 2.77. The van der Waals surface area contributed by atoms with Crippen LogP contribution in [0.2, 0.25) is 0 Å². The number of aryl methyl sites for hydroxylation is 1. The number of hydrogen-bond donors (Lipinski definition) is 1. The average molecular weight is 275 g/mol. The normalized spacial score (nSPS) is 16.4. The van der Waals surface area contributed by atoms with Gasteiger partial charge in [-0.2, -0.15) is 5.10 Å². The lowest BCUT2D eigenvalue weighted by Crippen LogP contribution is -2.27. The van der Waals surface area contributed by atoms with Crippen LogP contribution in [0.15, 0.2) is 12.3 Å². The van der Waals surface area contributed by atoms with Crippen LogP contribution in [0.1, 0.15) is 22.5 Å². The summed E-state index contributed by atoms with van der Waals surface area (Å²) in [5.74, 6) is 0.326. The molecule has 2 N–H and O–H groups in total. The van der Waals surface area contributed by atoms with Crippen molar-refractivity contribution < 1.29 is 9.53 Å². The maximum absolute atomic E-state index is 11.5. The first kappa shape index (κ1) is 12.9. The van der Waals surface area contributed by atoms with E-state index < -0.39 is 5.91 Å². The minimum Gasteiger partial charge on any atom is -0.380 e. The van der Waals surface area contributed by atoms with Gasteiger partial charge in [-0.1, -0.05) is 0 Å². The third-order valence-electron chi connectivity index (χ3n) is 3.44. The lowest BCUT2D eigenvalue weighted by atomic mass is 10.2. The van der Waals surface area contributed by atoms with Crippen molar-refractivity contribution in [2.24, 2.45) is 5.73 Å². The number of ether oxygens (including phenoxy) is 1. The Bertz CT molecular complexity index is 643. The molecule has 0 saturated carbocycles. The SMILES string of the molecule is Cc1nn2ccc(N3CCCOCC3)nc2c1C(N)=O. The topological polar surface area (TPSA) is 85.8 Å². The van der Waals surface area contributed by atoms with Gasteiger partial charge in [-0.3, -0.25) is 4.79 Å². The maximum atomic E-state index is 11.5. The second-order valence-corrected chi connectivity index (χ2v) is 4.83. The molecule has 0 spiro atoms. The van der Waals surface area contributed by atoms with Crippen LogP contribution in [-0.4, -0.2) is 46.8 Å². The fraction of sp³-hybridized carbons (Fsp3) is 0.462. The first-order valence-electron chi connectivity index (χ1n) is 6.65. The largest absolute Gasteiger partial charge is 0.380 e. The molecule has 1 fully saturated rings. The van der Waals surface area contributed by atoms with Gasteiger partial charge in [-0.15, -0.1) is 0 Å². The van der Waals surface area contributed by atoms with E-state index in [0.29, 0.717) is 23.5 Å². The third-order valence-corrected chi connectivity index (χ3v) is 3.44. The molecular weight excluding hydrogens is 258 g/mol. The second kappa shape index (κ2) is 5.09. The monoisotopic (exact) mass is 275 g/mol. The number of fused-ring (bicyclic) bond motifs is 1. The van der Waals surface area contributed by atoms with E-state index in [9.17, 15) is 4.79 Å². The highest BCUT2D eigenvalue weighted by Gasteiger charge is 2.18. The van der Waals surface area contributed by atoms with Crippen molar-refractivity contribution in [1.29, 1.82) is 0 Å². The molecule has 1 aliphatic heterocycles. The number of nitrogens with two attached hydrogens (primary N) is 1. The van der Waals surface area contributed by atoms with Crippen LogP contribution in [0.4, 0.5) is 5.82 Å². The number of hydrogen-bond acceptors (Lipinski definition) is 5. The van der Waals surface area contributed by atoms with Gasteiger partial charge in [0.1, 0.15) is 11.4 Å². The van der Waals surface area contributed by atoms with Crippen LogP contribution in [0.5, 0.6) is 0 Å². The standard InChI is InChI=1S/C13H17N5O2/c1-9-11(12(14)19)13-15-10(3-5-18(13)16-9)17-4-2-7-20-8-6-17/h3,5H,2,4,6-8H2,1H3,(H2,14,19). The highest BCUT2D eigenvalue weighted by atomic mass is 16.5. The van der Waals surface area contributed by atoms with E-state index in [4.69, 9.17) is 10.5 Å². The molecule has 0 aliphatic carbocycles. The molecule has 0 aromatic carbocycles. The van der Waals surface area contributed by atoms with E-state index in [0.717, 1.165) is 31.9 Å². The zero-order valence-corrected chi connectivity index (χ0v) is 11.4. The number of primary amides is 1. The number of rotatable bonds is 2. The summed E-state index contributed by atoms with van der Waals surface area (Å²) in [5.41, 5.74) is 6.91. The summed E-state index contributed by atoms with van der Waals surface area (Å²) in [7, 11) is 0. The van der Waals surface area contributed by atoms with Gasteiger partial charge < -0.3 is 15.4 Å². The van der Waals surface area contributed by atoms with Crippen molar-refractivity contribution in [2.75, 3.05) is 31.2 Å². The Balaban J connectivity index is 2.04. The molecule has 20 heavy (non-hydrogen) atoms. The molecule has 7 nitrogen and oxygen atoms in total. The van der Waals surface area contributed by atoms with Crippen LogP contribution in [0.3, 0.4) is 0 Å². The van der Waals surface area contributed by atoms with E-state index in [1.165, 1.54) is 0 Å². The van der Waals surface area contributed by atoms with Crippen LogP contribution in [0.25, 0.3) is 5.65 Å². The van der Waals surface area contributed by atoms with Crippen LogP contribution in [-0.2, 0) is 4.74 Å². The minimum atomic E-state index is -0.499. The highest BCUT2D eigenvalue weighted by molar-refractivity contribution is 6.00. The number of amides is 1. The van der Waals surface area contributed by atoms with Gasteiger partial charge in [0.05, 0.1) is 12.3 Å². The molecule has 2 aromatic rings. The molecular formula is C13H17N5O2. The second-order valence-electron chi connectivity index (χ2n) is 4.83. The molecule has 1 saturated heterocycles. The fourth-order valence-corrected chi connectivity index (χ4v) is 2.47. The summed E-state index contributed by atoms with van der Waals surface area (Å²) < 4.78 is 7.03. The lowest BCUT2D eigenvalue weighted by Gasteiger charge is -2.20. The number of carbonyl (C=O) groups is 1. The van der Waals surface area contributed by atoms with Gasteiger partial charge in [0.25, 0.3) is 5.91 Å². The Kier molecular flexibility index (Phi) is 3.27. The van der Waals surface area contributed by atoms with Crippen LogP contribution in [0, 0.1) is 6.92 Å². The van der Waals surface area contributed by atoms with Crippen molar-refractivity contribution in [3.8, 4) is 0 Å². The minimum absolute atomic E-state index is 0.387. The van der Waals surface area contributed by atoms with Gasteiger partial charge in [0, 0.05) is 25.9 Å². The zero-order valence-electron chi connectivity index (χ0n) is 11.4. The van der Waals surface area contributed by atoms with Gasteiger partial charge in [0.15, 0.2) is 5.65 Å². The molecule has 0 radical (unpaired) electrons. The highest BCUT2D eigenvalue weighted by Crippen LogP contribution is 2.18. The summed E-state index contributed by atoms with van der Waals surface area (Å²) >= 11 is 0. The fourth-order valence-electron chi connectivity index (χ4n) is 2.47. The van der Waals surface area contributed by atoms with Crippen molar-refractivity contribution >= 4 is 17.4 Å². The molecule has 0 bridgehead atoms. The van der Waals surface area contributed by atoms with E-state index in [2.05, 4.69) is 15.0 Å². The number of anilines is 1. The molecule has 2 aromatic heterocycles. The first-order valence-corrected chi connectivity index (χ1v) is 6.65. The maximum Gasteiger partial charge on any atom is 0.254 e. The predicted octanol–water partition coefficient (Wildman–Crippen LogP) is 0.363. The van der Waals surface area contributed by atoms with Gasteiger partial charge in [-0.25, -0.2) is 9.50 Å². The quantitative estimate of drug-likeness (QED) is 0.855. The van der Waals surface area contributed by atoms with E-state index >= 15 is 0 Å². The average Bonchev–Trinajstić information content (AvgIpc) is 2.61. The van der Waals surface area contributed by atoms with Crippen molar-refractivity contribution in [3.05, 3.63) is 23.5 Å². The van der Waals surface area contributed by atoms with Gasteiger partial charge >= 0.3 is 0 Å².